The van der Waals surface area contributed by atoms with Crippen molar-refractivity contribution in [2.75, 3.05) is 13.1 Å². The molecule has 0 aliphatic carbocycles. The minimum atomic E-state index is 0.469. The van der Waals surface area contributed by atoms with Gasteiger partial charge in [0.05, 0.1) is 6.54 Å². The van der Waals surface area contributed by atoms with Gasteiger partial charge in [-0.05, 0) is 38.1 Å². The molecule has 1 N–H and O–H groups in total. The fraction of sp³-hybridized carbons (Fsp3) is 0.467. The van der Waals surface area contributed by atoms with E-state index in [0.717, 1.165) is 23.1 Å². The zero-order valence-electron chi connectivity index (χ0n) is 12.2. The van der Waals surface area contributed by atoms with Gasteiger partial charge < -0.3 is 9.73 Å². The molecule has 3 rings (SSSR count). The summed E-state index contributed by atoms with van der Waals surface area (Å²) in [5.74, 6) is 1.25. The third kappa shape index (κ3) is 3.33. The topological polar surface area (TPSA) is 54.2 Å². The van der Waals surface area contributed by atoms with Gasteiger partial charge in [0.25, 0.3) is 0 Å². The molecule has 21 heavy (non-hydrogen) atoms. The van der Waals surface area contributed by atoms with Crippen LogP contribution in [0.5, 0.6) is 0 Å². The van der Waals surface area contributed by atoms with Gasteiger partial charge in [-0.25, -0.2) is 0 Å². The summed E-state index contributed by atoms with van der Waals surface area (Å²) in [6.07, 6.45) is 0. The van der Waals surface area contributed by atoms with Crippen LogP contribution in [0.25, 0.3) is 11.5 Å². The third-order valence-corrected chi connectivity index (χ3v) is 4.42. The molecule has 1 aliphatic rings. The van der Waals surface area contributed by atoms with E-state index in [4.69, 9.17) is 4.42 Å². The Labute approximate surface area is 132 Å². The number of nitrogens with zero attached hydrogens (tertiary/aromatic N) is 3. The Bertz CT molecular complexity index is 588. The molecule has 1 aromatic heterocycles. The van der Waals surface area contributed by atoms with Crippen LogP contribution in [0.2, 0.25) is 0 Å². The van der Waals surface area contributed by atoms with Gasteiger partial charge >= 0.3 is 0 Å². The summed E-state index contributed by atoms with van der Waals surface area (Å²) in [6, 6.07) is 8.82. The lowest BCUT2D eigenvalue weighted by Crippen LogP contribution is -2.54. The second-order valence-electron chi connectivity index (χ2n) is 5.54. The number of halogens is 1. The average Bonchev–Trinajstić information content (AvgIpc) is 2.92. The molecule has 1 saturated heterocycles. The first-order valence-electron chi connectivity index (χ1n) is 7.18. The van der Waals surface area contributed by atoms with Crippen LogP contribution >= 0.6 is 15.9 Å². The van der Waals surface area contributed by atoms with Gasteiger partial charge in [0.2, 0.25) is 11.8 Å². The van der Waals surface area contributed by atoms with Crippen LogP contribution in [-0.4, -0.2) is 40.3 Å². The molecule has 2 heterocycles. The Morgan fingerprint density at radius 3 is 2.52 bits per heavy atom. The lowest BCUT2D eigenvalue weighted by molar-refractivity contribution is 0.0979. The van der Waals surface area contributed by atoms with Crippen molar-refractivity contribution in [1.29, 1.82) is 0 Å². The Balaban J connectivity index is 1.74. The first-order chi connectivity index (χ1) is 10.1. The largest absolute Gasteiger partial charge is 0.419 e. The van der Waals surface area contributed by atoms with Gasteiger partial charge in [-0.1, -0.05) is 15.9 Å². The van der Waals surface area contributed by atoms with Crippen LogP contribution in [0.4, 0.5) is 0 Å². The molecule has 2 atom stereocenters. The maximum absolute atomic E-state index is 5.81. The fourth-order valence-corrected chi connectivity index (χ4v) is 2.93. The van der Waals surface area contributed by atoms with Gasteiger partial charge in [0.1, 0.15) is 0 Å². The van der Waals surface area contributed by atoms with Gasteiger partial charge in [0, 0.05) is 35.2 Å². The van der Waals surface area contributed by atoms with Crippen LogP contribution in [0, 0.1) is 0 Å². The smallest absolute Gasteiger partial charge is 0.247 e. The van der Waals surface area contributed by atoms with E-state index in [9.17, 15) is 0 Å². The predicted molar refractivity (Wildman–Crippen MR) is 84.8 cm³/mol. The fourth-order valence-electron chi connectivity index (χ4n) is 2.66. The zero-order chi connectivity index (χ0) is 14.8. The summed E-state index contributed by atoms with van der Waals surface area (Å²) in [7, 11) is 0. The minimum Gasteiger partial charge on any atom is -0.419 e. The van der Waals surface area contributed by atoms with Crippen molar-refractivity contribution in [2.45, 2.75) is 32.5 Å². The molecule has 2 unspecified atom stereocenters. The Morgan fingerprint density at radius 1 is 1.19 bits per heavy atom. The first kappa shape index (κ1) is 14.7. The third-order valence-electron chi connectivity index (χ3n) is 3.89. The monoisotopic (exact) mass is 350 g/mol. The standard InChI is InChI=1S/C15H19BrN4O/c1-10-7-17-8-11(2)20(10)9-14-18-19-15(21-14)12-3-5-13(16)6-4-12/h3-6,10-11,17H,7-9H2,1-2H3. The van der Waals surface area contributed by atoms with Crippen LogP contribution in [0.3, 0.4) is 0 Å². The van der Waals surface area contributed by atoms with E-state index in [-0.39, 0.29) is 0 Å². The Morgan fingerprint density at radius 2 is 1.86 bits per heavy atom. The molecule has 112 valence electrons. The van der Waals surface area contributed by atoms with Gasteiger partial charge in [-0.3, -0.25) is 4.90 Å². The normalized spacial score (nSPS) is 23.4. The first-order valence-corrected chi connectivity index (χ1v) is 7.97. The van der Waals surface area contributed by atoms with Gasteiger partial charge in [0.15, 0.2) is 0 Å². The average molecular weight is 351 g/mol. The van der Waals surface area contributed by atoms with Crippen molar-refractivity contribution in [3.8, 4) is 11.5 Å². The number of hydrogen-bond acceptors (Lipinski definition) is 5. The van der Waals surface area contributed by atoms with Gasteiger partial charge in [-0.2, -0.15) is 0 Å². The van der Waals surface area contributed by atoms with Gasteiger partial charge in [-0.15, -0.1) is 10.2 Å². The summed E-state index contributed by atoms with van der Waals surface area (Å²) in [5, 5.41) is 11.8. The Hall–Kier alpha value is -1.24. The van der Waals surface area contributed by atoms with E-state index < -0.39 is 0 Å². The van der Waals surface area contributed by atoms with Crippen molar-refractivity contribution in [3.05, 3.63) is 34.6 Å². The van der Waals surface area contributed by atoms with E-state index in [2.05, 4.69) is 50.2 Å². The number of nitrogens with one attached hydrogen (secondary N) is 1. The highest BCUT2D eigenvalue weighted by molar-refractivity contribution is 9.10. The number of rotatable bonds is 3. The highest BCUT2D eigenvalue weighted by Gasteiger charge is 2.26. The molecular weight excluding hydrogens is 332 g/mol. The predicted octanol–water partition coefficient (Wildman–Crippen LogP) is 2.68. The van der Waals surface area contributed by atoms with Crippen molar-refractivity contribution < 1.29 is 4.42 Å². The SMILES string of the molecule is CC1CNCC(C)N1Cc1nnc(-c2ccc(Br)cc2)o1. The lowest BCUT2D eigenvalue weighted by atomic mass is 10.1. The highest BCUT2D eigenvalue weighted by atomic mass is 79.9. The van der Waals surface area contributed by atoms with E-state index in [1.807, 2.05) is 24.3 Å². The Kier molecular flexibility index (Phi) is 4.37. The summed E-state index contributed by atoms with van der Waals surface area (Å²) < 4.78 is 6.85. The summed E-state index contributed by atoms with van der Waals surface area (Å²) in [5.41, 5.74) is 0.943. The van der Waals surface area contributed by atoms with E-state index in [1.54, 1.807) is 0 Å². The van der Waals surface area contributed by atoms with Crippen molar-refractivity contribution in [2.24, 2.45) is 0 Å². The molecule has 2 aromatic rings. The molecule has 1 aliphatic heterocycles. The molecule has 1 fully saturated rings. The molecule has 0 spiro atoms. The molecule has 1 aromatic carbocycles. The highest BCUT2D eigenvalue weighted by Crippen LogP contribution is 2.22. The second kappa shape index (κ2) is 6.25. The summed E-state index contributed by atoms with van der Waals surface area (Å²) >= 11 is 3.42. The van der Waals surface area contributed by atoms with E-state index in [1.165, 1.54) is 0 Å². The van der Waals surface area contributed by atoms with Crippen LogP contribution < -0.4 is 5.32 Å². The minimum absolute atomic E-state index is 0.469. The van der Waals surface area contributed by atoms with Crippen LogP contribution in [-0.2, 0) is 6.54 Å². The number of hydrogen-bond donors (Lipinski definition) is 1. The molecule has 5 nitrogen and oxygen atoms in total. The molecular formula is C15H19BrN4O. The number of aromatic nitrogens is 2. The number of benzene rings is 1. The van der Waals surface area contributed by atoms with Crippen LogP contribution in [0.15, 0.2) is 33.2 Å². The maximum atomic E-state index is 5.81. The van der Waals surface area contributed by atoms with E-state index in [0.29, 0.717) is 30.4 Å². The van der Waals surface area contributed by atoms with Crippen molar-refractivity contribution in [1.82, 2.24) is 20.4 Å². The quantitative estimate of drug-likeness (QED) is 0.922. The second-order valence-corrected chi connectivity index (χ2v) is 6.45. The maximum Gasteiger partial charge on any atom is 0.247 e. The van der Waals surface area contributed by atoms with Crippen molar-refractivity contribution in [3.63, 3.8) is 0 Å². The zero-order valence-corrected chi connectivity index (χ0v) is 13.8. The molecule has 0 bridgehead atoms. The molecule has 6 heteroatoms. The molecule has 0 saturated carbocycles. The summed E-state index contributed by atoms with van der Waals surface area (Å²) in [6.45, 7) is 7.13. The van der Waals surface area contributed by atoms with Crippen LogP contribution in [0.1, 0.15) is 19.7 Å². The van der Waals surface area contributed by atoms with Crippen molar-refractivity contribution >= 4 is 15.9 Å². The molecule has 0 amide bonds. The summed E-state index contributed by atoms with van der Waals surface area (Å²) in [4.78, 5) is 2.40. The van der Waals surface area contributed by atoms with E-state index >= 15 is 0 Å². The lowest BCUT2D eigenvalue weighted by Gasteiger charge is -2.38. The molecule has 0 radical (unpaired) electrons. The number of piperazine rings is 1.